The highest BCUT2D eigenvalue weighted by atomic mass is 19.4. The first kappa shape index (κ1) is 12.8. The number of carbonyl (C=O) groups is 1. The summed E-state index contributed by atoms with van der Waals surface area (Å²) in [6.45, 7) is 0. The number of ketones is 1. The summed E-state index contributed by atoms with van der Waals surface area (Å²) < 4.78 is 59.1. The molecule has 0 aliphatic heterocycles. The molecule has 14 heavy (non-hydrogen) atoms. The summed E-state index contributed by atoms with van der Waals surface area (Å²) in [7, 11) is 2.55. The van der Waals surface area contributed by atoms with Gasteiger partial charge in [0.2, 0.25) is 0 Å². The van der Waals surface area contributed by atoms with E-state index in [2.05, 4.69) is 5.10 Å². The van der Waals surface area contributed by atoms with Crippen molar-refractivity contribution < 1.29 is 26.7 Å². The summed E-state index contributed by atoms with van der Waals surface area (Å²) in [4.78, 5) is 10.4. The molecule has 0 aliphatic carbocycles. The maximum atomic E-state index is 12.2. The third kappa shape index (κ3) is 2.93. The fourth-order valence-electron chi connectivity index (χ4n) is 0.389. The Bertz CT molecular complexity index is 245. The minimum atomic E-state index is -5.89. The fraction of sp³-hybridized carbons (Fsp3) is 0.667. The van der Waals surface area contributed by atoms with Crippen molar-refractivity contribution in [2.75, 3.05) is 14.1 Å². The summed E-state index contributed by atoms with van der Waals surface area (Å²) in [5.41, 5.74) is 0. The summed E-state index contributed by atoms with van der Waals surface area (Å²) in [5, 5.41) is 3.90. The zero-order valence-corrected chi connectivity index (χ0v) is 7.27. The summed E-state index contributed by atoms with van der Waals surface area (Å²) in [6.07, 6.45) is -5.95. The van der Waals surface area contributed by atoms with Crippen LogP contribution in [0, 0.1) is 0 Å². The van der Waals surface area contributed by atoms with Gasteiger partial charge in [0, 0.05) is 14.1 Å². The second-order valence-electron chi connectivity index (χ2n) is 2.53. The molecule has 8 heteroatoms. The Morgan fingerprint density at radius 2 is 1.64 bits per heavy atom. The molecule has 0 N–H and O–H groups in total. The number of rotatable bonds is 3. The summed E-state index contributed by atoms with van der Waals surface area (Å²) in [5.74, 6) is -7.77. The molecule has 0 radical (unpaired) electrons. The van der Waals surface area contributed by atoms with Crippen molar-refractivity contribution in [1.29, 1.82) is 0 Å². The van der Waals surface area contributed by atoms with Gasteiger partial charge in [-0.2, -0.15) is 27.1 Å². The number of hydrogen-bond donors (Lipinski definition) is 0. The van der Waals surface area contributed by atoms with Crippen LogP contribution in [0.3, 0.4) is 0 Å². The Balaban J connectivity index is 4.69. The standard InChI is InChI=1S/C6H7F5N2O/c1-13(2)12-3-4(14)5(7,8)6(9,10)11/h3H,1-2H3/b12-3+. The second kappa shape index (κ2) is 3.89. The van der Waals surface area contributed by atoms with E-state index in [1.54, 1.807) is 0 Å². The molecule has 0 amide bonds. The predicted octanol–water partition coefficient (Wildman–Crippen LogP) is 1.30. The smallest absolute Gasteiger partial charge is 0.303 e. The number of hydrogen-bond acceptors (Lipinski definition) is 3. The average Bonchev–Trinajstić information content (AvgIpc) is 1.97. The number of halogens is 5. The van der Waals surface area contributed by atoms with Gasteiger partial charge in [-0.15, -0.1) is 0 Å². The van der Waals surface area contributed by atoms with Gasteiger partial charge in [0.1, 0.15) is 0 Å². The van der Waals surface area contributed by atoms with E-state index in [9.17, 15) is 26.7 Å². The molecule has 82 valence electrons. The second-order valence-corrected chi connectivity index (χ2v) is 2.53. The number of alkyl halides is 5. The van der Waals surface area contributed by atoms with E-state index in [-0.39, 0.29) is 6.21 Å². The van der Waals surface area contributed by atoms with Crippen molar-refractivity contribution in [3.63, 3.8) is 0 Å². The molecule has 0 spiro atoms. The molecule has 0 saturated heterocycles. The van der Waals surface area contributed by atoms with Crippen LogP contribution < -0.4 is 0 Å². The van der Waals surface area contributed by atoms with Crippen LogP contribution in [-0.2, 0) is 4.79 Å². The van der Waals surface area contributed by atoms with Crippen LogP contribution in [0.25, 0.3) is 0 Å². The van der Waals surface area contributed by atoms with Crippen molar-refractivity contribution in [3.05, 3.63) is 0 Å². The number of Topliss-reactive ketones (excluding diaryl/α,β-unsaturated/α-hetero) is 1. The van der Waals surface area contributed by atoms with Gasteiger partial charge in [-0.25, -0.2) is 0 Å². The van der Waals surface area contributed by atoms with Crippen LogP contribution >= 0.6 is 0 Å². The van der Waals surface area contributed by atoms with Gasteiger partial charge in [0.05, 0.1) is 6.21 Å². The zero-order valence-electron chi connectivity index (χ0n) is 7.27. The highest BCUT2D eigenvalue weighted by Crippen LogP contribution is 2.35. The Morgan fingerprint density at radius 3 is 1.93 bits per heavy atom. The highest BCUT2D eigenvalue weighted by Gasteiger charge is 2.62. The first-order chi connectivity index (χ1) is 6.09. The van der Waals surface area contributed by atoms with Gasteiger partial charge in [-0.05, 0) is 0 Å². The van der Waals surface area contributed by atoms with E-state index in [0.717, 1.165) is 5.01 Å². The lowest BCUT2D eigenvalue weighted by Gasteiger charge is -2.15. The molecule has 0 rings (SSSR count). The van der Waals surface area contributed by atoms with E-state index in [1.807, 2.05) is 0 Å². The van der Waals surface area contributed by atoms with Crippen molar-refractivity contribution in [1.82, 2.24) is 5.01 Å². The van der Waals surface area contributed by atoms with E-state index in [1.165, 1.54) is 14.1 Å². The minimum absolute atomic E-state index is 0.0620. The van der Waals surface area contributed by atoms with Crippen LogP contribution in [0.4, 0.5) is 22.0 Å². The molecule has 0 aliphatic rings. The first-order valence-corrected chi connectivity index (χ1v) is 3.29. The molecule has 0 atom stereocenters. The maximum Gasteiger partial charge on any atom is 0.461 e. The fourth-order valence-corrected chi connectivity index (χ4v) is 0.389. The molecule has 0 heterocycles. The average molecular weight is 218 g/mol. The quantitative estimate of drug-likeness (QED) is 0.406. The molecule has 0 saturated carbocycles. The molecule has 0 aromatic carbocycles. The highest BCUT2D eigenvalue weighted by molar-refractivity contribution is 6.30. The molecule has 0 fully saturated rings. The van der Waals surface area contributed by atoms with Crippen molar-refractivity contribution in [2.24, 2.45) is 5.10 Å². The van der Waals surface area contributed by atoms with Crippen LogP contribution in [-0.4, -0.2) is 43.2 Å². The van der Waals surface area contributed by atoms with Crippen LogP contribution in [0.1, 0.15) is 0 Å². The van der Waals surface area contributed by atoms with Gasteiger partial charge in [-0.1, -0.05) is 0 Å². The van der Waals surface area contributed by atoms with E-state index in [0.29, 0.717) is 0 Å². The Morgan fingerprint density at radius 1 is 1.21 bits per heavy atom. The van der Waals surface area contributed by atoms with Crippen molar-refractivity contribution >= 4 is 12.0 Å². The van der Waals surface area contributed by atoms with Gasteiger partial charge < -0.3 is 5.01 Å². The normalized spacial score (nSPS) is 13.4. The number of hydrazone groups is 1. The summed E-state index contributed by atoms with van der Waals surface area (Å²) >= 11 is 0. The first-order valence-electron chi connectivity index (χ1n) is 3.29. The van der Waals surface area contributed by atoms with E-state index in [4.69, 9.17) is 0 Å². The van der Waals surface area contributed by atoms with Crippen molar-refractivity contribution in [2.45, 2.75) is 12.1 Å². The Kier molecular flexibility index (Phi) is 3.55. The SMILES string of the molecule is CN(C)/N=C/C(=O)C(F)(F)C(F)(F)F. The lowest BCUT2D eigenvalue weighted by atomic mass is 10.2. The lowest BCUT2D eigenvalue weighted by molar-refractivity contribution is -0.265. The maximum absolute atomic E-state index is 12.2. The monoisotopic (exact) mass is 218 g/mol. The molecule has 0 aromatic heterocycles. The largest absolute Gasteiger partial charge is 0.461 e. The third-order valence-electron chi connectivity index (χ3n) is 1.07. The Labute approximate surface area is 76.2 Å². The van der Waals surface area contributed by atoms with Gasteiger partial charge in [-0.3, -0.25) is 4.79 Å². The molecule has 0 aromatic rings. The van der Waals surface area contributed by atoms with Crippen molar-refractivity contribution in [3.8, 4) is 0 Å². The molecule has 0 bridgehead atoms. The molecular weight excluding hydrogens is 211 g/mol. The van der Waals surface area contributed by atoms with Crippen LogP contribution in [0.2, 0.25) is 0 Å². The lowest BCUT2D eigenvalue weighted by Crippen LogP contribution is -2.44. The van der Waals surface area contributed by atoms with E-state index >= 15 is 0 Å². The predicted molar refractivity (Wildman–Crippen MR) is 38.2 cm³/mol. The number of nitrogens with zero attached hydrogens (tertiary/aromatic N) is 2. The Hall–Kier alpha value is -1.21. The molecule has 3 nitrogen and oxygen atoms in total. The van der Waals surface area contributed by atoms with Crippen LogP contribution in [0.15, 0.2) is 5.10 Å². The number of carbonyl (C=O) groups excluding carboxylic acids is 1. The molecular formula is C6H7F5N2O. The molecule has 0 unspecified atom stereocenters. The summed E-state index contributed by atoms with van der Waals surface area (Å²) in [6, 6.07) is 0. The van der Waals surface area contributed by atoms with Gasteiger partial charge >= 0.3 is 12.1 Å². The van der Waals surface area contributed by atoms with Crippen LogP contribution in [0.5, 0.6) is 0 Å². The van der Waals surface area contributed by atoms with Gasteiger partial charge in [0.15, 0.2) is 0 Å². The topological polar surface area (TPSA) is 32.7 Å². The van der Waals surface area contributed by atoms with E-state index < -0.39 is 17.9 Å². The zero-order chi connectivity index (χ0) is 11.6. The third-order valence-corrected chi connectivity index (χ3v) is 1.07. The minimum Gasteiger partial charge on any atom is -0.303 e. The van der Waals surface area contributed by atoms with Gasteiger partial charge in [0.25, 0.3) is 5.78 Å².